The van der Waals surface area contributed by atoms with Crippen LogP contribution in [0, 0.1) is 6.92 Å². The van der Waals surface area contributed by atoms with Crippen LogP contribution in [0.5, 0.6) is 5.75 Å². The van der Waals surface area contributed by atoms with Crippen molar-refractivity contribution in [3.63, 3.8) is 0 Å². The third-order valence-corrected chi connectivity index (χ3v) is 4.39. The summed E-state index contributed by atoms with van der Waals surface area (Å²) < 4.78 is 31.6. The number of methoxy groups -OCH3 is 1. The van der Waals surface area contributed by atoms with E-state index >= 15 is 0 Å². The minimum atomic E-state index is -3.82. The number of aryl methyl sites for hydroxylation is 1. The van der Waals surface area contributed by atoms with Crippen LogP contribution in [-0.2, 0) is 10.0 Å². The van der Waals surface area contributed by atoms with Gasteiger partial charge in [-0.2, -0.15) is 0 Å². The van der Waals surface area contributed by atoms with Gasteiger partial charge in [0.15, 0.2) is 0 Å². The van der Waals surface area contributed by atoms with E-state index in [1.165, 1.54) is 26.2 Å². The number of hydrogen-bond donors (Lipinski definition) is 3. The first-order valence-electron chi connectivity index (χ1n) is 5.68. The number of hydrogen-bond acceptors (Lipinski definition) is 5. The van der Waals surface area contributed by atoms with Crippen molar-refractivity contribution in [3.05, 3.63) is 23.8 Å². The summed E-state index contributed by atoms with van der Waals surface area (Å²) in [7, 11) is -2.31. The lowest BCUT2D eigenvalue weighted by Crippen LogP contribution is -2.51. The van der Waals surface area contributed by atoms with Gasteiger partial charge in [0.05, 0.1) is 30.8 Å². The van der Waals surface area contributed by atoms with Crippen molar-refractivity contribution in [3.8, 4) is 5.75 Å². The predicted octanol–water partition coefficient (Wildman–Crippen LogP) is 0.0252. The Kier molecular flexibility index (Phi) is 4.92. The van der Waals surface area contributed by atoms with Gasteiger partial charge in [-0.15, -0.1) is 0 Å². The van der Waals surface area contributed by atoms with Gasteiger partial charge in [-0.3, -0.25) is 0 Å². The molecule has 0 radical (unpaired) electrons. The molecule has 108 valence electrons. The summed E-state index contributed by atoms with van der Waals surface area (Å²) >= 11 is 0. The number of benzene rings is 1. The number of nitrogens with one attached hydrogen (secondary N) is 1. The van der Waals surface area contributed by atoms with E-state index < -0.39 is 28.8 Å². The van der Waals surface area contributed by atoms with E-state index in [0.717, 1.165) is 0 Å². The molecule has 0 fully saturated rings. The fraction of sp³-hybridized carbons (Fsp3) is 0.500. The van der Waals surface area contributed by atoms with Crippen molar-refractivity contribution in [2.75, 3.05) is 20.3 Å². The molecule has 3 N–H and O–H groups in total. The van der Waals surface area contributed by atoms with Crippen molar-refractivity contribution >= 4 is 10.0 Å². The van der Waals surface area contributed by atoms with E-state index in [4.69, 9.17) is 14.9 Å². The van der Waals surface area contributed by atoms with Crippen LogP contribution in [0.3, 0.4) is 0 Å². The van der Waals surface area contributed by atoms with E-state index in [2.05, 4.69) is 4.72 Å². The molecule has 6 nitrogen and oxygen atoms in total. The fourth-order valence-corrected chi connectivity index (χ4v) is 2.99. The van der Waals surface area contributed by atoms with Gasteiger partial charge in [0, 0.05) is 0 Å². The zero-order valence-corrected chi connectivity index (χ0v) is 12.0. The fourth-order valence-electron chi connectivity index (χ4n) is 1.52. The number of aliphatic hydroxyl groups excluding tert-OH is 2. The van der Waals surface area contributed by atoms with Gasteiger partial charge >= 0.3 is 0 Å². The van der Waals surface area contributed by atoms with Crippen LogP contribution in [0.25, 0.3) is 0 Å². The molecule has 0 aliphatic carbocycles. The average molecular weight is 289 g/mol. The standard InChI is InChI=1S/C12H19NO5S/c1-9-6-10(4-5-11(9)18-3)19(16,17)13-12(2,7-14)8-15/h4-6,13-15H,7-8H2,1-3H3. The number of ether oxygens (including phenoxy) is 1. The average Bonchev–Trinajstić information content (AvgIpc) is 2.38. The topological polar surface area (TPSA) is 95.9 Å². The normalized spacial score (nSPS) is 12.5. The van der Waals surface area contributed by atoms with Gasteiger partial charge in [0.1, 0.15) is 5.75 Å². The number of sulfonamides is 1. The summed E-state index contributed by atoms with van der Waals surface area (Å²) in [6.07, 6.45) is 0. The third-order valence-electron chi connectivity index (χ3n) is 2.76. The largest absolute Gasteiger partial charge is 0.496 e. The molecule has 0 unspecified atom stereocenters. The minimum Gasteiger partial charge on any atom is -0.496 e. The lowest BCUT2D eigenvalue weighted by atomic mass is 10.1. The molecule has 1 rings (SSSR count). The molecule has 0 saturated heterocycles. The van der Waals surface area contributed by atoms with Crippen molar-refractivity contribution in [1.82, 2.24) is 4.72 Å². The summed E-state index contributed by atoms with van der Waals surface area (Å²) in [5, 5.41) is 18.3. The first-order chi connectivity index (χ1) is 8.78. The summed E-state index contributed by atoms with van der Waals surface area (Å²) in [6.45, 7) is 2.14. The van der Waals surface area contributed by atoms with Crippen LogP contribution in [-0.4, -0.2) is 44.5 Å². The molecule has 0 bridgehead atoms. The Morgan fingerprint density at radius 1 is 1.32 bits per heavy atom. The number of rotatable bonds is 6. The van der Waals surface area contributed by atoms with Crippen molar-refractivity contribution in [2.45, 2.75) is 24.3 Å². The van der Waals surface area contributed by atoms with Crippen molar-refractivity contribution in [2.24, 2.45) is 0 Å². The SMILES string of the molecule is COc1ccc(S(=O)(=O)NC(C)(CO)CO)cc1C. The predicted molar refractivity (Wildman–Crippen MR) is 70.6 cm³/mol. The molecule has 0 aliphatic heterocycles. The lowest BCUT2D eigenvalue weighted by molar-refractivity contribution is 0.122. The highest BCUT2D eigenvalue weighted by Gasteiger charge is 2.29. The monoisotopic (exact) mass is 289 g/mol. The highest BCUT2D eigenvalue weighted by Crippen LogP contribution is 2.22. The molecular weight excluding hydrogens is 270 g/mol. The van der Waals surface area contributed by atoms with Crippen LogP contribution in [0.1, 0.15) is 12.5 Å². The highest BCUT2D eigenvalue weighted by molar-refractivity contribution is 7.89. The van der Waals surface area contributed by atoms with Gasteiger partial charge in [0.2, 0.25) is 10.0 Å². The molecule has 0 amide bonds. The van der Waals surface area contributed by atoms with Gasteiger partial charge < -0.3 is 14.9 Å². The molecule has 0 spiro atoms. The van der Waals surface area contributed by atoms with E-state index in [-0.39, 0.29) is 4.90 Å². The summed E-state index contributed by atoms with van der Waals surface area (Å²) in [6, 6.07) is 4.43. The second-order valence-corrected chi connectivity index (χ2v) is 6.30. The molecular formula is C12H19NO5S. The maximum absolute atomic E-state index is 12.1. The molecule has 19 heavy (non-hydrogen) atoms. The van der Waals surface area contributed by atoms with E-state index in [9.17, 15) is 8.42 Å². The van der Waals surface area contributed by atoms with Crippen molar-refractivity contribution in [1.29, 1.82) is 0 Å². The lowest BCUT2D eigenvalue weighted by Gasteiger charge is -2.25. The van der Waals surface area contributed by atoms with E-state index in [1.807, 2.05) is 0 Å². The zero-order chi connectivity index (χ0) is 14.7. The van der Waals surface area contributed by atoms with Crippen LogP contribution >= 0.6 is 0 Å². The first-order valence-corrected chi connectivity index (χ1v) is 7.16. The Hall–Kier alpha value is -1.15. The Morgan fingerprint density at radius 3 is 2.32 bits per heavy atom. The van der Waals surface area contributed by atoms with Gasteiger partial charge in [-0.05, 0) is 37.6 Å². The quantitative estimate of drug-likeness (QED) is 0.686. The molecule has 7 heteroatoms. The van der Waals surface area contributed by atoms with E-state index in [1.54, 1.807) is 13.0 Å². The maximum Gasteiger partial charge on any atom is 0.241 e. The van der Waals surface area contributed by atoms with Gasteiger partial charge in [-0.25, -0.2) is 13.1 Å². The summed E-state index contributed by atoms with van der Waals surface area (Å²) in [5.41, 5.74) is -0.618. The zero-order valence-electron chi connectivity index (χ0n) is 11.2. The smallest absolute Gasteiger partial charge is 0.241 e. The Balaban J connectivity index is 3.11. The Bertz CT molecular complexity index is 537. The van der Waals surface area contributed by atoms with Crippen LogP contribution in [0.15, 0.2) is 23.1 Å². The van der Waals surface area contributed by atoms with Crippen molar-refractivity contribution < 1.29 is 23.4 Å². The Morgan fingerprint density at radius 2 is 1.89 bits per heavy atom. The molecule has 1 aromatic carbocycles. The molecule has 0 saturated carbocycles. The second-order valence-electron chi connectivity index (χ2n) is 4.61. The van der Waals surface area contributed by atoms with Crippen LogP contribution in [0.4, 0.5) is 0 Å². The summed E-state index contributed by atoms with van der Waals surface area (Å²) in [4.78, 5) is 0.0546. The number of aliphatic hydroxyl groups is 2. The van der Waals surface area contributed by atoms with E-state index in [0.29, 0.717) is 11.3 Å². The molecule has 0 aromatic heterocycles. The molecule has 1 aromatic rings. The van der Waals surface area contributed by atoms with Crippen LogP contribution < -0.4 is 9.46 Å². The minimum absolute atomic E-state index is 0.0546. The maximum atomic E-state index is 12.1. The third kappa shape index (κ3) is 3.66. The first kappa shape index (κ1) is 15.9. The highest BCUT2D eigenvalue weighted by atomic mass is 32.2. The summed E-state index contributed by atoms with van der Waals surface area (Å²) in [5.74, 6) is 0.589. The Labute approximate surface area is 113 Å². The van der Waals surface area contributed by atoms with Gasteiger partial charge in [-0.1, -0.05) is 0 Å². The van der Waals surface area contributed by atoms with Crippen LogP contribution in [0.2, 0.25) is 0 Å². The van der Waals surface area contributed by atoms with Gasteiger partial charge in [0.25, 0.3) is 0 Å². The second kappa shape index (κ2) is 5.87. The molecule has 0 atom stereocenters. The molecule has 0 aliphatic rings. The molecule has 0 heterocycles.